The van der Waals surface area contributed by atoms with E-state index in [-0.39, 0.29) is 17.2 Å². The molecule has 2 amide bonds. The minimum absolute atomic E-state index is 0.133. The van der Waals surface area contributed by atoms with Gasteiger partial charge in [-0.2, -0.15) is 0 Å². The van der Waals surface area contributed by atoms with Crippen LogP contribution >= 0.6 is 11.3 Å². The zero-order chi connectivity index (χ0) is 17.4. The van der Waals surface area contributed by atoms with Crippen LogP contribution in [0.2, 0.25) is 0 Å². The van der Waals surface area contributed by atoms with Crippen molar-refractivity contribution < 1.29 is 9.59 Å². The molecule has 2 aliphatic rings. The number of aromatic nitrogens is 1. The second-order valence-electron chi connectivity index (χ2n) is 7.07. The van der Waals surface area contributed by atoms with Crippen molar-refractivity contribution in [3.8, 4) is 0 Å². The molecule has 132 valence electrons. The van der Waals surface area contributed by atoms with Gasteiger partial charge in [-0.1, -0.05) is 24.2 Å². The van der Waals surface area contributed by atoms with Crippen molar-refractivity contribution in [1.29, 1.82) is 0 Å². The molecule has 1 saturated heterocycles. The van der Waals surface area contributed by atoms with E-state index in [0.29, 0.717) is 11.0 Å². The number of benzene rings is 1. The monoisotopic (exact) mass is 358 g/mol. The molecular formula is C18H22N4O2S. The molecule has 0 bridgehead atoms. The lowest BCUT2D eigenvalue weighted by Gasteiger charge is -2.37. The van der Waals surface area contributed by atoms with E-state index in [2.05, 4.69) is 20.9 Å². The molecule has 0 unspecified atom stereocenters. The highest BCUT2D eigenvalue weighted by Gasteiger charge is 2.49. The van der Waals surface area contributed by atoms with E-state index in [1.165, 1.54) is 24.7 Å². The average molecular weight is 358 g/mol. The molecule has 0 spiro atoms. The number of carbonyl (C=O) groups is 2. The standard InChI is InChI=1S/C18H22N4O2S/c1-11(23)20-17-22-14-6-5-13(8-15(14)25-17)21-16(24)18-7-3-2-4-12(18)9-19-10-18/h5-6,8,12,19H,2-4,7,9-10H2,1H3,(H,21,24)(H,20,22,23)/t12-,18+/m0/s1. The zero-order valence-corrected chi connectivity index (χ0v) is 15.0. The van der Waals surface area contributed by atoms with Crippen LogP contribution in [0.15, 0.2) is 18.2 Å². The zero-order valence-electron chi connectivity index (χ0n) is 14.2. The maximum Gasteiger partial charge on any atom is 0.232 e. The molecule has 2 aromatic rings. The van der Waals surface area contributed by atoms with Gasteiger partial charge in [0.2, 0.25) is 11.8 Å². The van der Waals surface area contributed by atoms with E-state index in [1.54, 1.807) is 0 Å². The van der Waals surface area contributed by atoms with Crippen LogP contribution in [0, 0.1) is 11.3 Å². The molecule has 4 rings (SSSR count). The van der Waals surface area contributed by atoms with Gasteiger partial charge < -0.3 is 16.0 Å². The number of thiazole rings is 1. The Labute approximate surface area is 150 Å². The first-order valence-electron chi connectivity index (χ1n) is 8.77. The topological polar surface area (TPSA) is 83.1 Å². The van der Waals surface area contributed by atoms with Gasteiger partial charge in [-0.25, -0.2) is 4.98 Å². The number of nitrogens with zero attached hydrogens (tertiary/aromatic N) is 1. The maximum atomic E-state index is 13.0. The van der Waals surface area contributed by atoms with Crippen molar-refractivity contribution in [3.63, 3.8) is 0 Å². The first kappa shape index (κ1) is 16.5. The van der Waals surface area contributed by atoms with E-state index >= 15 is 0 Å². The molecule has 1 saturated carbocycles. The summed E-state index contributed by atoms with van der Waals surface area (Å²) < 4.78 is 0.948. The van der Waals surface area contributed by atoms with E-state index < -0.39 is 0 Å². The molecule has 1 aromatic heterocycles. The molecule has 2 heterocycles. The van der Waals surface area contributed by atoms with Gasteiger partial charge in [0.15, 0.2) is 5.13 Å². The lowest BCUT2D eigenvalue weighted by Crippen LogP contribution is -2.44. The van der Waals surface area contributed by atoms with Gasteiger partial charge >= 0.3 is 0 Å². The lowest BCUT2D eigenvalue weighted by molar-refractivity contribution is -0.128. The Morgan fingerprint density at radius 1 is 1.32 bits per heavy atom. The summed E-state index contributed by atoms with van der Waals surface area (Å²) >= 11 is 1.41. The molecule has 25 heavy (non-hydrogen) atoms. The number of hydrogen-bond acceptors (Lipinski definition) is 5. The Bertz CT molecular complexity index is 834. The van der Waals surface area contributed by atoms with Gasteiger partial charge in [0.25, 0.3) is 0 Å². The van der Waals surface area contributed by atoms with Crippen molar-refractivity contribution in [2.75, 3.05) is 23.7 Å². The predicted molar refractivity (Wildman–Crippen MR) is 99.8 cm³/mol. The van der Waals surface area contributed by atoms with Crippen LogP contribution in [0.5, 0.6) is 0 Å². The Morgan fingerprint density at radius 3 is 3.04 bits per heavy atom. The van der Waals surface area contributed by atoms with Gasteiger partial charge in [0, 0.05) is 19.2 Å². The number of amides is 2. The van der Waals surface area contributed by atoms with E-state index in [9.17, 15) is 9.59 Å². The molecule has 2 fully saturated rings. The van der Waals surface area contributed by atoms with Crippen molar-refractivity contribution in [2.45, 2.75) is 32.6 Å². The molecule has 3 N–H and O–H groups in total. The highest BCUT2D eigenvalue weighted by molar-refractivity contribution is 7.22. The Kier molecular flexibility index (Phi) is 4.21. The van der Waals surface area contributed by atoms with Crippen LogP contribution in [0.3, 0.4) is 0 Å². The largest absolute Gasteiger partial charge is 0.326 e. The van der Waals surface area contributed by atoms with Crippen LogP contribution in [0.4, 0.5) is 10.8 Å². The molecule has 1 aromatic carbocycles. The Balaban J connectivity index is 1.55. The summed E-state index contributed by atoms with van der Waals surface area (Å²) in [5, 5.41) is 9.83. The number of rotatable bonds is 3. The quantitative estimate of drug-likeness (QED) is 0.788. The summed E-state index contributed by atoms with van der Waals surface area (Å²) in [6.45, 7) is 3.19. The molecule has 0 radical (unpaired) electrons. The smallest absolute Gasteiger partial charge is 0.232 e. The normalized spacial score (nSPS) is 25.6. The molecule has 7 heteroatoms. The Morgan fingerprint density at radius 2 is 2.20 bits per heavy atom. The van der Waals surface area contributed by atoms with Gasteiger partial charge in [-0.15, -0.1) is 0 Å². The SMILES string of the molecule is CC(=O)Nc1nc2ccc(NC(=O)[C@@]34CCCC[C@H]3CNC4)cc2s1. The van der Waals surface area contributed by atoms with Gasteiger partial charge in [-0.3, -0.25) is 9.59 Å². The number of carbonyl (C=O) groups excluding carboxylic acids is 2. The molecular weight excluding hydrogens is 336 g/mol. The number of anilines is 2. The van der Waals surface area contributed by atoms with Gasteiger partial charge in [0.1, 0.15) is 0 Å². The van der Waals surface area contributed by atoms with Crippen LogP contribution < -0.4 is 16.0 Å². The third-order valence-corrected chi connectivity index (χ3v) is 6.35. The predicted octanol–water partition coefficient (Wildman–Crippen LogP) is 2.97. The summed E-state index contributed by atoms with van der Waals surface area (Å²) in [5.74, 6) is 0.441. The minimum atomic E-state index is -0.262. The summed E-state index contributed by atoms with van der Waals surface area (Å²) in [6.07, 6.45) is 4.44. The molecule has 6 nitrogen and oxygen atoms in total. The molecule has 1 aliphatic carbocycles. The first-order chi connectivity index (χ1) is 12.1. The second kappa shape index (κ2) is 6.38. The Hall–Kier alpha value is -1.99. The average Bonchev–Trinajstić information content (AvgIpc) is 3.17. The number of fused-ring (bicyclic) bond motifs is 2. The third-order valence-electron chi connectivity index (χ3n) is 5.42. The van der Waals surface area contributed by atoms with E-state index in [0.717, 1.165) is 48.3 Å². The molecule has 1 aliphatic heterocycles. The van der Waals surface area contributed by atoms with Gasteiger partial charge in [-0.05, 0) is 43.5 Å². The first-order valence-corrected chi connectivity index (χ1v) is 9.59. The minimum Gasteiger partial charge on any atom is -0.326 e. The number of nitrogens with one attached hydrogen (secondary N) is 3. The van der Waals surface area contributed by atoms with Crippen molar-refractivity contribution in [1.82, 2.24) is 10.3 Å². The summed E-state index contributed by atoms with van der Waals surface area (Å²) in [4.78, 5) is 28.6. The fourth-order valence-corrected chi connectivity index (χ4v) is 5.10. The second-order valence-corrected chi connectivity index (χ2v) is 8.10. The van der Waals surface area contributed by atoms with Crippen molar-refractivity contribution in [3.05, 3.63) is 18.2 Å². The van der Waals surface area contributed by atoms with E-state index in [4.69, 9.17) is 0 Å². The van der Waals surface area contributed by atoms with Gasteiger partial charge in [0.05, 0.1) is 15.6 Å². The summed E-state index contributed by atoms with van der Waals surface area (Å²) in [6, 6.07) is 5.71. The highest BCUT2D eigenvalue weighted by Crippen LogP contribution is 2.44. The molecule has 2 atom stereocenters. The lowest BCUT2D eigenvalue weighted by atomic mass is 9.67. The summed E-state index contributed by atoms with van der Waals surface area (Å²) in [5.41, 5.74) is 1.35. The van der Waals surface area contributed by atoms with E-state index in [1.807, 2.05) is 18.2 Å². The van der Waals surface area contributed by atoms with Crippen LogP contribution in [-0.4, -0.2) is 29.9 Å². The van der Waals surface area contributed by atoms with Crippen LogP contribution in [0.25, 0.3) is 10.2 Å². The fraction of sp³-hybridized carbons (Fsp3) is 0.500. The number of hydrogen-bond donors (Lipinski definition) is 3. The van der Waals surface area contributed by atoms with Crippen LogP contribution in [0.1, 0.15) is 32.6 Å². The highest BCUT2D eigenvalue weighted by atomic mass is 32.1. The van der Waals surface area contributed by atoms with Crippen molar-refractivity contribution in [2.24, 2.45) is 11.3 Å². The third kappa shape index (κ3) is 3.02. The van der Waals surface area contributed by atoms with Crippen molar-refractivity contribution >= 4 is 44.2 Å². The van der Waals surface area contributed by atoms with Crippen LogP contribution in [-0.2, 0) is 9.59 Å². The summed E-state index contributed by atoms with van der Waals surface area (Å²) in [7, 11) is 0. The fourth-order valence-electron chi connectivity index (χ4n) is 4.15. The maximum absolute atomic E-state index is 13.0.